The minimum Gasteiger partial charge on any atom is -0.363 e. The van der Waals surface area contributed by atoms with Crippen molar-refractivity contribution in [3.63, 3.8) is 0 Å². The van der Waals surface area contributed by atoms with E-state index in [0.29, 0.717) is 12.2 Å². The highest BCUT2D eigenvalue weighted by Gasteiger charge is 2.25. The van der Waals surface area contributed by atoms with E-state index in [1.165, 1.54) is 0 Å². The molecule has 4 rings (SSSR count). The molecule has 0 bridgehead atoms. The molecule has 2 aromatic heterocycles. The third-order valence-electron chi connectivity index (χ3n) is 5.17. The highest BCUT2D eigenvalue weighted by Crippen LogP contribution is 2.28. The standard InChI is InChI=1S/C22H24BrN5O/c1-27(2)20-11-10-15(13-24-20)14-25-22(29)21-18-8-3-4-9-19(18)28(26-21)17-7-5-6-16(23)12-17/h5-7,10-13H,3-4,8-9,14H2,1-2H3,(H,25,29). The molecule has 1 aromatic carbocycles. The van der Waals surface area contributed by atoms with Gasteiger partial charge in [-0.3, -0.25) is 4.79 Å². The lowest BCUT2D eigenvalue weighted by Crippen LogP contribution is -2.25. The number of hydrogen-bond acceptors (Lipinski definition) is 4. The molecule has 2 heterocycles. The van der Waals surface area contributed by atoms with Crippen molar-refractivity contribution < 1.29 is 4.79 Å². The van der Waals surface area contributed by atoms with Crippen LogP contribution in [0.3, 0.4) is 0 Å². The Bertz CT molecular complexity index is 1030. The molecule has 0 saturated heterocycles. The maximum absolute atomic E-state index is 13.0. The van der Waals surface area contributed by atoms with E-state index in [9.17, 15) is 4.79 Å². The molecule has 150 valence electrons. The molecular weight excluding hydrogens is 430 g/mol. The van der Waals surface area contributed by atoms with Gasteiger partial charge in [0.25, 0.3) is 5.91 Å². The second kappa shape index (κ2) is 8.37. The van der Waals surface area contributed by atoms with E-state index in [0.717, 1.165) is 58.5 Å². The zero-order valence-corrected chi connectivity index (χ0v) is 18.2. The molecule has 3 aromatic rings. The lowest BCUT2D eigenvalue weighted by molar-refractivity contribution is 0.0944. The van der Waals surface area contributed by atoms with Gasteiger partial charge in [0, 0.05) is 42.6 Å². The number of benzene rings is 1. The van der Waals surface area contributed by atoms with E-state index >= 15 is 0 Å². The van der Waals surface area contributed by atoms with Crippen molar-refractivity contribution in [2.24, 2.45) is 0 Å². The van der Waals surface area contributed by atoms with Gasteiger partial charge >= 0.3 is 0 Å². The van der Waals surface area contributed by atoms with Crippen molar-refractivity contribution in [2.75, 3.05) is 19.0 Å². The summed E-state index contributed by atoms with van der Waals surface area (Å²) in [4.78, 5) is 19.3. The van der Waals surface area contributed by atoms with Crippen molar-refractivity contribution in [2.45, 2.75) is 32.2 Å². The Labute approximate surface area is 179 Å². The Balaban J connectivity index is 1.57. The van der Waals surface area contributed by atoms with Gasteiger partial charge in [0.15, 0.2) is 5.69 Å². The number of halogens is 1. The van der Waals surface area contributed by atoms with E-state index in [4.69, 9.17) is 5.10 Å². The molecule has 29 heavy (non-hydrogen) atoms. The van der Waals surface area contributed by atoms with Crippen LogP contribution in [0.5, 0.6) is 0 Å². The summed E-state index contributed by atoms with van der Waals surface area (Å²) in [5.74, 6) is 0.760. The number of pyridine rings is 1. The van der Waals surface area contributed by atoms with Crippen LogP contribution >= 0.6 is 15.9 Å². The zero-order valence-electron chi connectivity index (χ0n) is 16.7. The van der Waals surface area contributed by atoms with E-state index in [2.05, 4.69) is 26.2 Å². The highest BCUT2D eigenvalue weighted by atomic mass is 79.9. The Morgan fingerprint density at radius 2 is 2.03 bits per heavy atom. The summed E-state index contributed by atoms with van der Waals surface area (Å²) in [6.07, 6.45) is 5.85. The number of carbonyl (C=O) groups excluding carboxylic acids is 1. The van der Waals surface area contributed by atoms with Gasteiger partial charge in [-0.2, -0.15) is 5.10 Å². The van der Waals surface area contributed by atoms with E-state index in [-0.39, 0.29) is 5.91 Å². The van der Waals surface area contributed by atoms with Crippen molar-refractivity contribution in [3.05, 3.63) is 69.6 Å². The Kier molecular flexibility index (Phi) is 5.67. The summed E-state index contributed by atoms with van der Waals surface area (Å²) in [6, 6.07) is 12.0. The Morgan fingerprint density at radius 3 is 2.76 bits per heavy atom. The van der Waals surface area contributed by atoms with Crippen LogP contribution in [0.25, 0.3) is 5.69 Å². The van der Waals surface area contributed by atoms with E-state index in [1.54, 1.807) is 6.20 Å². The van der Waals surface area contributed by atoms with Gasteiger partial charge in [-0.25, -0.2) is 9.67 Å². The zero-order chi connectivity index (χ0) is 20.4. The summed E-state index contributed by atoms with van der Waals surface area (Å²) >= 11 is 3.53. The summed E-state index contributed by atoms with van der Waals surface area (Å²) in [5, 5.41) is 7.73. The van der Waals surface area contributed by atoms with Crippen LogP contribution in [0.4, 0.5) is 5.82 Å². The molecule has 0 saturated carbocycles. The van der Waals surface area contributed by atoms with Crippen LogP contribution in [0.2, 0.25) is 0 Å². The Morgan fingerprint density at radius 1 is 1.21 bits per heavy atom. The van der Waals surface area contributed by atoms with Crippen molar-refractivity contribution >= 4 is 27.7 Å². The first-order chi connectivity index (χ1) is 14.0. The number of amides is 1. The summed E-state index contributed by atoms with van der Waals surface area (Å²) in [7, 11) is 3.91. The fourth-order valence-corrected chi connectivity index (χ4v) is 4.04. The van der Waals surface area contributed by atoms with Gasteiger partial charge < -0.3 is 10.2 Å². The molecule has 0 atom stereocenters. The van der Waals surface area contributed by atoms with Crippen LogP contribution in [-0.4, -0.2) is 34.8 Å². The van der Waals surface area contributed by atoms with Gasteiger partial charge in [-0.05, 0) is 55.5 Å². The topological polar surface area (TPSA) is 63.1 Å². The SMILES string of the molecule is CN(C)c1ccc(CNC(=O)c2nn(-c3cccc(Br)c3)c3c2CCCC3)cn1. The quantitative estimate of drug-likeness (QED) is 0.635. The van der Waals surface area contributed by atoms with Crippen LogP contribution < -0.4 is 10.2 Å². The molecule has 1 N–H and O–H groups in total. The molecular formula is C22H24BrN5O. The number of fused-ring (bicyclic) bond motifs is 1. The van der Waals surface area contributed by atoms with Crippen LogP contribution in [0.15, 0.2) is 47.1 Å². The number of anilines is 1. The van der Waals surface area contributed by atoms with Crippen LogP contribution in [0, 0.1) is 0 Å². The lowest BCUT2D eigenvalue weighted by Gasteiger charge is -2.14. The average Bonchev–Trinajstić information content (AvgIpc) is 3.12. The largest absolute Gasteiger partial charge is 0.363 e. The molecule has 0 unspecified atom stereocenters. The maximum Gasteiger partial charge on any atom is 0.272 e. The van der Waals surface area contributed by atoms with Crippen LogP contribution in [0.1, 0.15) is 40.2 Å². The lowest BCUT2D eigenvalue weighted by atomic mass is 9.95. The summed E-state index contributed by atoms with van der Waals surface area (Å²) in [5.41, 5.74) is 4.70. The maximum atomic E-state index is 13.0. The number of hydrogen-bond donors (Lipinski definition) is 1. The highest BCUT2D eigenvalue weighted by molar-refractivity contribution is 9.10. The van der Waals surface area contributed by atoms with Gasteiger partial charge in [-0.1, -0.05) is 28.1 Å². The third-order valence-corrected chi connectivity index (χ3v) is 5.66. The van der Waals surface area contributed by atoms with E-state index in [1.807, 2.05) is 60.1 Å². The normalized spacial score (nSPS) is 13.1. The monoisotopic (exact) mass is 453 g/mol. The average molecular weight is 454 g/mol. The number of nitrogens with zero attached hydrogens (tertiary/aromatic N) is 4. The smallest absolute Gasteiger partial charge is 0.272 e. The molecule has 0 radical (unpaired) electrons. The molecule has 1 aliphatic carbocycles. The first-order valence-electron chi connectivity index (χ1n) is 9.80. The van der Waals surface area contributed by atoms with Gasteiger partial charge in [0.2, 0.25) is 0 Å². The van der Waals surface area contributed by atoms with Crippen molar-refractivity contribution in [1.82, 2.24) is 20.1 Å². The summed E-state index contributed by atoms with van der Waals surface area (Å²) in [6.45, 7) is 0.429. The first kappa shape index (κ1) is 19.6. The summed E-state index contributed by atoms with van der Waals surface area (Å²) < 4.78 is 2.93. The minimum atomic E-state index is -0.131. The first-order valence-corrected chi connectivity index (χ1v) is 10.6. The molecule has 1 aliphatic rings. The van der Waals surface area contributed by atoms with Gasteiger partial charge in [0.05, 0.1) is 5.69 Å². The molecule has 1 amide bonds. The second-order valence-electron chi connectivity index (χ2n) is 7.47. The molecule has 6 nitrogen and oxygen atoms in total. The molecule has 0 fully saturated rings. The molecule has 0 aliphatic heterocycles. The van der Waals surface area contributed by atoms with Crippen molar-refractivity contribution in [3.8, 4) is 5.69 Å². The fourth-order valence-electron chi connectivity index (χ4n) is 3.65. The second-order valence-corrected chi connectivity index (χ2v) is 8.39. The van der Waals surface area contributed by atoms with Crippen LogP contribution in [-0.2, 0) is 19.4 Å². The minimum absolute atomic E-state index is 0.131. The molecule has 0 spiro atoms. The van der Waals surface area contributed by atoms with E-state index < -0.39 is 0 Å². The van der Waals surface area contributed by atoms with Gasteiger partial charge in [-0.15, -0.1) is 0 Å². The number of rotatable bonds is 5. The van der Waals surface area contributed by atoms with Crippen molar-refractivity contribution in [1.29, 1.82) is 0 Å². The fraction of sp³-hybridized carbons (Fsp3) is 0.318. The Hall–Kier alpha value is -2.67. The molecule has 7 heteroatoms. The third kappa shape index (κ3) is 4.19. The number of carbonyl (C=O) groups is 1. The van der Waals surface area contributed by atoms with Gasteiger partial charge in [0.1, 0.15) is 5.82 Å². The number of nitrogens with one attached hydrogen (secondary N) is 1. The number of aromatic nitrogens is 3. The predicted octanol–water partition coefficient (Wildman–Crippen LogP) is 3.90. The predicted molar refractivity (Wildman–Crippen MR) is 118 cm³/mol.